The summed E-state index contributed by atoms with van der Waals surface area (Å²) in [5.74, 6) is 0.910. The topological polar surface area (TPSA) is 101 Å². The second kappa shape index (κ2) is 7.76. The van der Waals surface area contributed by atoms with Gasteiger partial charge in [-0.25, -0.2) is 0 Å². The number of anilines is 1. The zero-order chi connectivity index (χ0) is 20.4. The van der Waals surface area contributed by atoms with Crippen LogP contribution in [-0.4, -0.2) is 31.6 Å². The molecule has 0 radical (unpaired) electrons. The first-order chi connectivity index (χ1) is 14.0. The molecule has 0 unspecified atom stereocenters. The van der Waals surface area contributed by atoms with Gasteiger partial charge in [0.15, 0.2) is 11.9 Å². The molecule has 2 N–H and O–H groups in total. The highest BCUT2D eigenvalue weighted by molar-refractivity contribution is 6.30. The van der Waals surface area contributed by atoms with Crippen molar-refractivity contribution >= 4 is 29.1 Å². The third kappa shape index (κ3) is 4.12. The van der Waals surface area contributed by atoms with Gasteiger partial charge in [-0.3, -0.25) is 14.6 Å². The van der Waals surface area contributed by atoms with Crippen LogP contribution in [0.1, 0.15) is 6.92 Å². The summed E-state index contributed by atoms with van der Waals surface area (Å²) in [6.07, 6.45) is -0.786. The first-order valence-corrected chi connectivity index (χ1v) is 9.16. The Bertz CT molecular complexity index is 1220. The molecule has 0 spiro atoms. The number of rotatable bonds is 5. The van der Waals surface area contributed by atoms with Gasteiger partial charge in [0.25, 0.3) is 11.5 Å². The van der Waals surface area contributed by atoms with E-state index in [1.807, 2.05) is 18.2 Å². The number of H-pyrrole nitrogens is 1. The molecule has 4 rings (SSSR count). The lowest BCUT2D eigenvalue weighted by atomic mass is 10.2. The molecular weight excluding hydrogens is 394 g/mol. The minimum Gasteiger partial charge on any atom is -0.481 e. The predicted molar refractivity (Wildman–Crippen MR) is 109 cm³/mol. The number of benzene rings is 2. The highest BCUT2D eigenvalue weighted by atomic mass is 35.5. The number of carbonyl (C=O) groups is 1. The van der Waals surface area contributed by atoms with Crippen molar-refractivity contribution in [2.45, 2.75) is 13.0 Å². The van der Waals surface area contributed by atoms with Gasteiger partial charge >= 0.3 is 0 Å². The van der Waals surface area contributed by atoms with Gasteiger partial charge in [0, 0.05) is 16.7 Å². The molecule has 2 aromatic heterocycles. The molecule has 9 heteroatoms. The van der Waals surface area contributed by atoms with Crippen LogP contribution in [0.3, 0.4) is 0 Å². The summed E-state index contributed by atoms with van der Waals surface area (Å²) in [6, 6.07) is 17.2. The molecule has 2 aromatic carbocycles. The molecule has 0 saturated heterocycles. The van der Waals surface area contributed by atoms with E-state index in [2.05, 4.69) is 20.4 Å². The Labute approximate surface area is 170 Å². The second-order valence-electron chi connectivity index (χ2n) is 6.26. The predicted octanol–water partition coefficient (Wildman–Crippen LogP) is 3.14. The molecule has 0 aliphatic heterocycles. The Morgan fingerprint density at radius 3 is 2.62 bits per heavy atom. The summed E-state index contributed by atoms with van der Waals surface area (Å²) in [5, 5.41) is 7.65. The van der Waals surface area contributed by atoms with Crippen LogP contribution in [0, 0.1) is 0 Å². The largest absolute Gasteiger partial charge is 0.481 e. The molecule has 8 nitrogen and oxygen atoms in total. The number of para-hydroxylation sites is 1. The van der Waals surface area contributed by atoms with E-state index >= 15 is 0 Å². The van der Waals surface area contributed by atoms with Crippen LogP contribution in [-0.2, 0) is 4.79 Å². The van der Waals surface area contributed by atoms with Gasteiger partial charge < -0.3 is 10.1 Å². The van der Waals surface area contributed by atoms with E-state index in [0.717, 1.165) is 5.56 Å². The highest BCUT2D eigenvalue weighted by Crippen LogP contribution is 2.20. The summed E-state index contributed by atoms with van der Waals surface area (Å²) < 4.78 is 6.98. The fourth-order valence-electron chi connectivity index (χ4n) is 2.69. The fourth-order valence-corrected chi connectivity index (χ4v) is 2.81. The van der Waals surface area contributed by atoms with Crippen molar-refractivity contribution in [3.05, 3.63) is 76.0 Å². The number of ether oxygens (including phenoxy) is 1. The number of hydrogen-bond acceptors (Lipinski definition) is 5. The Kier molecular flexibility index (Phi) is 5.01. The van der Waals surface area contributed by atoms with Crippen LogP contribution in [0.5, 0.6) is 5.75 Å². The number of aromatic amines is 1. The van der Waals surface area contributed by atoms with Crippen LogP contribution in [0.15, 0.2) is 65.5 Å². The number of carbonyl (C=O) groups excluding carboxylic acids is 1. The van der Waals surface area contributed by atoms with Crippen molar-refractivity contribution in [1.82, 2.24) is 19.6 Å². The van der Waals surface area contributed by atoms with Crippen LogP contribution in [0.4, 0.5) is 5.82 Å². The maximum atomic E-state index is 12.6. The number of nitrogens with zero attached hydrogens (tertiary/aromatic N) is 3. The zero-order valence-corrected chi connectivity index (χ0v) is 16.1. The van der Waals surface area contributed by atoms with Gasteiger partial charge in [0.1, 0.15) is 11.6 Å². The Balaban J connectivity index is 1.62. The van der Waals surface area contributed by atoms with E-state index in [1.54, 1.807) is 43.3 Å². The monoisotopic (exact) mass is 409 g/mol. The van der Waals surface area contributed by atoms with Gasteiger partial charge in [-0.1, -0.05) is 29.8 Å². The summed E-state index contributed by atoms with van der Waals surface area (Å²) in [4.78, 5) is 31.5. The quantitative estimate of drug-likeness (QED) is 0.527. The molecule has 146 valence electrons. The van der Waals surface area contributed by atoms with Crippen molar-refractivity contribution < 1.29 is 9.53 Å². The lowest BCUT2D eigenvalue weighted by Gasteiger charge is -2.14. The smallest absolute Gasteiger partial charge is 0.266 e. The molecular formula is C20H16ClN5O3. The molecule has 0 saturated carbocycles. The molecule has 1 atom stereocenters. The zero-order valence-electron chi connectivity index (χ0n) is 15.3. The maximum absolute atomic E-state index is 12.6. The minimum atomic E-state index is -0.786. The van der Waals surface area contributed by atoms with Crippen LogP contribution in [0.2, 0.25) is 5.02 Å². The van der Waals surface area contributed by atoms with Crippen LogP contribution in [0.25, 0.3) is 17.2 Å². The molecule has 0 fully saturated rings. The number of nitrogens with one attached hydrogen (secondary N) is 2. The number of fused-ring (bicyclic) bond motifs is 1. The Morgan fingerprint density at radius 1 is 1.17 bits per heavy atom. The Morgan fingerprint density at radius 2 is 1.90 bits per heavy atom. The van der Waals surface area contributed by atoms with E-state index in [4.69, 9.17) is 16.3 Å². The molecule has 0 bridgehead atoms. The van der Waals surface area contributed by atoms with Crippen LogP contribution < -0.4 is 15.6 Å². The average Bonchev–Trinajstić information content (AvgIpc) is 3.13. The highest BCUT2D eigenvalue weighted by Gasteiger charge is 2.18. The Hall–Kier alpha value is -3.65. The molecule has 0 aliphatic rings. The van der Waals surface area contributed by atoms with Crippen molar-refractivity contribution in [1.29, 1.82) is 0 Å². The lowest BCUT2D eigenvalue weighted by molar-refractivity contribution is -0.122. The summed E-state index contributed by atoms with van der Waals surface area (Å²) in [5.41, 5.74) is 0.302. The first-order valence-electron chi connectivity index (χ1n) is 8.78. The molecule has 1 amide bonds. The van der Waals surface area contributed by atoms with Crippen molar-refractivity contribution in [2.75, 3.05) is 5.32 Å². The van der Waals surface area contributed by atoms with Crippen molar-refractivity contribution in [3.8, 4) is 17.1 Å². The normalized spacial score (nSPS) is 11.9. The maximum Gasteiger partial charge on any atom is 0.266 e. The molecule has 29 heavy (non-hydrogen) atoms. The van der Waals surface area contributed by atoms with E-state index in [9.17, 15) is 9.59 Å². The third-order valence-electron chi connectivity index (χ3n) is 4.12. The standard InChI is InChI=1S/C20H16ClN5O3/c1-12(29-15-5-3-2-4-6-15)19(28)22-16-11-17(27)23-20-24-18(25-26(16)20)13-7-9-14(21)10-8-13/h2-12H,1H3,(H,22,28)(H,23,24,25,27)/t12-/m1/s1. The van der Waals surface area contributed by atoms with Gasteiger partial charge in [0.2, 0.25) is 5.78 Å². The van der Waals surface area contributed by atoms with E-state index in [1.165, 1.54) is 10.6 Å². The summed E-state index contributed by atoms with van der Waals surface area (Å²) in [7, 11) is 0. The fraction of sp³-hybridized carbons (Fsp3) is 0.100. The van der Waals surface area contributed by atoms with Gasteiger partial charge in [-0.15, -0.1) is 5.10 Å². The number of hydrogen-bond donors (Lipinski definition) is 2. The number of halogens is 1. The average molecular weight is 410 g/mol. The van der Waals surface area contributed by atoms with Gasteiger partial charge in [-0.2, -0.15) is 9.50 Å². The van der Waals surface area contributed by atoms with E-state index in [-0.39, 0.29) is 11.6 Å². The molecule has 0 aliphatic carbocycles. The van der Waals surface area contributed by atoms with Crippen molar-refractivity contribution in [2.24, 2.45) is 0 Å². The first kappa shape index (κ1) is 18.7. The molecule has 4 aromatic rings. The second-order valence-corrected chi connectivity index (χ2v) is 6.70. The molecule has 2 heterocycles. The van der Waals surface area contributed by atoms with Gasteiger partial charge in [-0.05, 0) is 43.3 Å². The van der Waals surface area contributed by atoms with Crippen LogP contribution >= 0.6 is 11.6 Å². The number of amides is 1. The summed E-state index contributed by atoms with van der Waals surface area (Å²) in [6.45, 7) is 1.62. The third-order valence-corrected chi connectivity index (χ3v) is 4.37. The van der Waals surface area contributed by atoms with Gasteiger partial charge in [0.05, 0.1) is 0 Å². The minimum absolute atomic E-state index is 0.185. The van der Waals surface area contributed by atoms with Crippen molar-refractivity contribution in [3.63, 3.8) is 0 Å². The van der Waals surface area contributed by atoms with E-state index < -0.39 is 17.6 Å². The van der Waals surface area contributed by atoms with E-state index in [0.29, 0.717) is 16.6 Å². The lowest BCUT2D eigenvalue weighted by Crippen LogP contribution is -2.31. The SMILES string of the molecule is C[C@@H](Oc1ccccc1)C(=O)Nc1cc(=O)[nH]c2nc(-c3ccc(Cl)cc3)nn12. The number of aromatic nitrogens is 4. The summed E-state index contributed by atoms with van der Waals surface area (Å²) >= 11 is 5.92.